The molecule has 1 N–H and O–H groups in total. The summed E-state index contributed by atoms with van der Waals surface area (Å²) in [5.41, 5.74) is 1.44. The third-order valence-corrected chi connectivity index (χ3v) is 3.56. The predicted octanol–water partition coefficient (Wildman–Crippen LogP) is 4.68. The summed E-state index contributed by atoms with van der Waals surface area (Å²) in [6.45, 7) is 0. The van der Waals surface area contributed by atoms with E-state index in [4.69, 9.17) is 23.2 Å². The molecule has 2 nitrogen and oxygen atoms in total. The standard InChI is InChI=1S/C13H8Cl2O2S/c14-9-1-2-10(12(15)6-9)11(13(16)17)5-8-3-4-18-7-8/h1-7H,(H,16,17)/b11-5-. The third kappa shape index (κ3) is 2.93. The molecule has 0 aliphatic heterocycles. The topological polar surface area (TPSA) is 37.3 Å². The van der Waals surface area contributed by atoms with Crippen LogP contribution >= 0.6 is 34.5 Å². The molecule has 1 heterocycles. The minimum Gasteiger partial charge on any atom is -0.478 e. The fourth-order valence-corrected chi connectivity index (χ4v) is 2.61. The van der Waals surface area contributed by atoms with Gasteiger partial charge in [0.05, 0.1) is 10.6 Å². The lowest BCUT2D eigenvalue weighted by Gasteiger charge is -2.05. The summed E-state index contributed by atoms with van der Waals surface area (Å²) >= 11 is 13.3. The van der Waals surface area contributed by atoms with Crippen LogP contribution in [0.4, 0.5) is 0 Å². The lowest BCUT2D eigenvalue weighted by atomic mass is 10.0. The summed E-state index contributed by atoms with van der Waals surface area (Å²) in [6, 6.07) is 6.60. The van der Waals surface area contributed by atoms with E-state index < -0.39 is 5.97 Å². The Bertz CT molecular complexity index is 603. The zero-order chi connectivity index (χ0) is 13.1. The Labute approximate surface area is 118 Å². The highest BCUT2D eigenvalue weighted by atomic mass is 35.5. The van der Waals surface area contributed by atoms with Gasteiger partial charge in [-0.3, -0.25) is 0 Å². The van der Waals surface area contributed by atoms with Crippen LogP contribution in [0.1, 0.15) is 11.1 Å². The number of aliphatic carboxylic acids is 1. The molecule has 0 saturated heterocycles. The van der Waals surface area contributed by atoms with E-state index in [0.717, 1.165) is 5.56 Å². The van der Waals surface area contributed by atoms with Crippen molar-refractivity contribution in [2.45, 2.75) is 0 Å². The van der Waals surface area contributed by atoms with Gasteiger partial charge in [-0.05, 0) is 40.6 Å². The van der Waals surface area contributed by atoms with Crippen molar-refractivity contribution in [3.8, 4) is 0 Å². The molecule has 18 heavy (non-hydrogen) atoms. The Kier molecular flexibility index (Phi) is 4.07. The minimum absolute atomic E-state index is 0.148. The maximum absolute atomic E-state index is 11.3. The molecule has 0 amide bonds. The monoisotopic (exact) mass is 298 g/mol. The second-order valence-corrected chi connectivity index (χ2v) is 5.17. The highest BCUT2D eigenvalue weighted by Crippen LogP contribution is 2.29. The van der Waals surface area contributed by atoms with E-state index in [1.807, 2.05) is 16.8 Å². The van der Waals surface area contributed by atoms with Crippen LogP contribution in [0.15, 0.2) is 35.0 Å². The van der Waals surface area contributed by atoms with E-state index in [2.05, 4.69) is 0 Å². The number of carbonyl (C=O) groups is 1. The quantitative estimate of drug-likeness (QED) is 0.835. The highest BCUT2D eigenvalue weighted by Gasteiger charge is 2.14. The highest BCUT2D eigenvalue weighted by molar-refractivity contribution is 7.08. The van der Waals surface area contributed by atoms with Gasteiger partial charge in [-0.15, -0.1) is 0 Å². The van der Waals surface area contributed by atoms with Crippen molar-refractivity contribution < 1.29 is 9.90 Å². The smallest absolute Gasteiger partial charge is 0.336 e. The van der Waals surface area contributed by atoms with Gasteiger partial charge in [0.2, 0.25) is 0 Å². The van der Waals surface area contributed by atoms with Crippen molar-refractivity contribution in [3.63, 3.8) is 0 Å². The number of hydrogen-bond donors (Lipinski definition) is 1. The average Bonchev–Trinajstić information content (AvgIpc) is 2.79. The van der Waals surface area contributed by atoms with Crippen LogP contribution in [0.25, 0.3) is 11.6 Å². The number of halogens is 2. The summed E-state index contributed by atoms with van der Waals surface area (Å²) in [5, 5.41) is 13.8. The van der Waals surface area contributed by atoms with Gasteiger partial charge < -0.3 is 5.11 Å². The molecule has 0 radical (unpaired) electrons. The summed E-state index contributed by atoms with van der Waals surface area (Å²) in [4.78, 5) is 11.3. The minimum atomic E-state index is -1.02. The normalized spacial score (nSPS) is 11.6. The zero-order valence-corrected chi connectivity index (χ0v) is 11.4. The van der Waals surface area contributed by atoms with Crippen molar-refractivity contribution in [1.82, 2.24) is 0 Å². The second-order valence-electron chi connectivity index (χ2n) is 3.54. The van der Waals surface area contributed by atoms with E-state index in [-0.39, 0.29) is 5.57 Å². The number of carboxylic acids is 1. The fraction of sp³-hybridized carbons (Fsp3) is 0. The first-order chi connectivity index (χ1) is 8.58. The van der Waals surface area contributed by atoms with Crippen LogP contribution in [0, 0.1) is 0 Å². The molecule has 2 aromatic rings. The molecule has 0 unspecified atom stereocenters. The van der Waals surface area contributed by atoms with Crippen LogP contribution in [0.5, 0.6) is 0 Å². The Morgan fingerprint density at radius 3 is 2.61 bits per heavy atom. The number of benzene rings is 1. The van der Waals surface area contributed by atoms with Gasteiger partial charge in [0.1, 0.15) is 0 Å². The Morgan fingerprint density at radius 1 is 1.28 bits per heavy atom. The molecule has 0 bridgehead atoms. The largest absolute Gasteiger partial charge is 0.478 e. The van der Waals surface area contributed by atoms with Crippen LogP contribution < -0.4 is 0 Å². The molecule has 0 aliphatic rings. The number of carboxylic acid groups (broad SMARTS) is 1. The van der Waals surface area contributed by atoms with Gasteiger partial charge >= 0.3 is 5.97 Å². The van der Waals surface area contributed by atoms with Crippen LogP contribution in [-0.4, -0.2) is 11.1 Å². The first-order valence-electron chi connectivity index (χ1n) is 5.00. The molecular weight excluding hydrogens is 291 g/mol. The van der Waals surface area contributed by atoms with E-state index in [1.54, 1.807) is 18.2 Å². The maximum atomic E-state index is 11.3. The van der Waals surface area contributed by atoms with Crippen molar-refractivity contribution in [2.24, 2.45) is 0 Å². The maximum Gasteiger partial charge on any atom is 0.336 e. The molecule has 0 saturated carbocycles. The number of thiophene rings is 1. The first kappa shape index (κ1) is 13.1. The van der Waals surface area contributed by atoms with E-state index in [0.29, 0.717) is 15.6 Å². The average molecular weight is 299 g/mol. The molecule has 92 valence electrons. The van der Waals surface area contributed by atoms with Crippen LogP contribution in [-0.2, 0) is 4.79 Å². The molecule has 5 heteroatoms. The molecular formula is C13H8Cl2O2S. The molecule has 1 aromatic heterocycles. The molecule has 1 aromatic carbocycles. The number of hydrogen-bond acceptors (Lipinski definition) is 2. The molecule has 2 rings (SSSR count). The van der Waals surface area contributed by atoms with Gasteiger partial charge in [-0.1, -0.05) is 29.3 Å². The Morgan fingerprint density at radius 2 is 2.06 bits per heavy atom. The van der Waals surface area contributed by atoms with Gasteiger partial charge in [0, 0.05) is 10.6 Å². The van der Waals surface area contributed by atoms with Crippen LogP contribution in [0.3, 0.4) is 0 Å². The Balaban J connectivity index is 2.52. The van der Waals surface area contributed by atoms with Crippen molar-refractivity contribution >= 4 is 52.2 Å². The summed E-state index contributed by atoms with van der Waals surface area (Å²) in [7, 11) is 0. The van der Waals surface area contributed by atoms with Gasteiger partial charge in [0.25, 0.3) is 0 Å². The third-order valence-electron chi connectivity index (χ3n) is 2.31. The van der Waals surface area contributed by atoms with Crippen molar-refractivity contribution in [2.75, 3.05) is 0 Å². The summed E-state index contributed by atoms with van der Waals surface area (Å²) < 4.78 is 0. The van der Waals surface area contributed by atoms with Gasteiger partial charge in [-0.25, -0.2) is 4.79 Å². The van der Waals surface area contributed by atoms with Gasteiger partial charge in [-0.2, -0.15) is 11.3 Å². The molecule has 0 spiro atoms. The molecule has 0 aliphatic carbocycles. The lowest BCUT2D eigenvalue weighted by Crippen LogP contribution is -2.00. The summed E-state index contributed by atoms with van der Waals surface area (Å²) in [6.07, 6.45) is 1.59. The summed E-state index contributed by atoms with van der Waals surface area (Å²) in [5.74, 6) is -1.02. The van der Waals surface area contributed by atoms with Crippen molar-refractivity contribution in [1.29, 1.82) is 0 Å². The lowest BCUT2D eigenvalue weighted by molar-refractivity contribution is -0.130. The Hall–Kier alpha value is -1.29. The van der Waals surface area contributed by atoms with E-state index >= 15 is 0 Å². The van der Waals surface area contributed by atoms with E-state index in [1.165, 1.54) is 17.4 Å². The molecule has 0 atom stereocenters. The second kappa shape index (κ2) is 5.57. The molecule has 0 fully saturated rings. The van der Waals surface area contributed by atoms with Crippen molar-refractivity contribution in [3.05, 3.63) is 56.2 Å². The van der Waals surface area contributed by atoms with Gasteiger partial charge in [0.15, 0.2) is 0 Å². The fourth-order valence-electron chi connectivity index (χ4n) is 1.49. The predicted molar refractivity (Wildman–Crippen MR) is 76.3 cm³/mol. The number of rotatable bonds is 3. The first-order valence-corrected chi connectivity index (χ1v) is 6.70. The van der Waals surface area contributed by atoms with Crippen LogP contribution in [0.2, 0.25) is 10.0 Å². The SMILES string of the molecule is O=C(O)/C(=C\c1ccsc1)c1ccc(Cl)cc1Cl. The van der Waals surface area contributed by atoms with E-state index in [9.17, 15) is 9.90 Å². The zero-order valence-electron chi connectivity index (χ0n) is 9.06.